The summed E-state index contributed by atoms with van der Waals surface area (Å²) in [5.74, 6) is 0.496. The molecule has 3 aliphatic heterocycles. The van der Waals surface area contributed by atoms with Crippen molar-refractivity contribution in [1.82, 2.24) is 9.03 Å². The van der Waals surface area contributed by atoms with Gasteiger partial charge in [0.05, 0.1) is 29.7 Å². The Labute approximate surface area is 171 Å². The third-order valence-electron chi connectivity index (χ3n) is 4.60. The van der Waals surface area contributed by atoms with Gasteiger partial charge in [-0.3, -0.25) is 9.03 Å². The number of sulfonamides is 1. The lowest BCUT2D eigenvalue weighted by molar-refractivity contribution is 0.567. The molecule has 5 rings (SSSR count). The van der Waals surface area contributed by atoms with Crippen LogP contribution in [-0.4, -0.2) is 19.1 Å². The summed E-state index contributed by atoms with van der Waals surface area (Å²) in [6, 6.07) is 8.72. The monoisotopic (exact) mass is 428 g/mol. The van der Waals surface area contributed by atoms with E-state index in [1.54, 1.807) is 76.7 Å². The Morgan fingerprint density at radius 3 is 2.90 bits per heavy atom. The number of fused-ring (bicyclic) bond motifs is 2. The highest BCUT2D eigenvalue weighted by molar-refractivity contribution is 7.97. The van der Waals surface area contributed by atoms with E-state index in [1.165, 1.54) is 12.1 Å². The Bertz CT molecular complexity index is 1180. The molecule has 3 aliphatic rings. The second kappa shape index (κ2) is 6.72. The predicted molar refractivity (Wildman–Crippen MR) is 113 cm³/mol. The van der Waals surface area contributed by atoms with E-state index in [1.807, 2.05) is 0 Å². The van der Waals surface area contributed by atoms with Gasteiger partial charge < -0.3 is 19.8 Å². The molecule has 1 aromatic carbocycles. The van der Waals surface area contributed by atoms with Crippen molar-refractivity contribution >= 4 is 45.8 Å². The van der Waals surface area contributed by atoms with Crippen molar-refractivity contribution in [2.75, 3.05) is 9.62 Å². The quantitative estimate of drug-likeness (QED) is 0.637. The molecule has 11 heteroatoms. The van der Waals surface area contributed by atoms with Gasteiger partial charge in [-0.15, -0.1) is 0 Å². The van der Waals surface area contributed by atoms with Crippen LogP contribution in [0.5, 0.6) is 0 Å². The molecule has 9 nitrogen and oxygen atoms in total. The first-order chi connectivity index (χ1) is 14.0. The van der Waals surface area contributed by atoms with Gasteiger partial charge >= 0.3 is 0 Å². The van der Waals surface area contributed by atoms with Crippen molar-refractivity contribution in [1.29, 1.82) is 0 Å². The number of nitrogens with two attached hydrogens (primary N) is 1. The Morgan fingerprint density at radius 2 is 2.07 bits per heavy atom. The van der Waals surface area contributed by atoms with E-state index >= 15 is 0 Å². The van der Waals surface area contributed by atoms with Gasteiger partial charge in [0.1, 0.15) is 17.4 Å². The van der Waals surface area contributed by atoms with Crippen LogP contribution in [0.2, 0.25) is 0 Å². The van der Waals surface area contributed by atoms with Crippen LogP contribution < -0.4 is 20.1 Å². The fourth-order valence-electron chi connectivity index (χ4n) is 3.18. The minimum atomic E-state index is -3.75. The molecule has 0 radical (unpaired) electrons. The summed E-state index contributed by atoms with van der Waals surface area (Å²) >= 11 is 1.30. The summed E-state index contributed by atoms with van der Waals surface area (Å²) < 4.78 is 38.3. The van der Waals surface area contributed by atoms with Crippen LogP contribution in [0, 0.1) is 0 Å². The zero-order valence-corrected chi connectivity index (χ0v) is 16.5. The van der Waals surface area contributed by atoms with E-state index in [0.29, 0.717) is 17.3 Å². The predicted octanol–water partition coefficient (Wildman–Crippen LogP) is 2.88. The third kappa shape index (κ3) is 3.09. The number of hydrogen-bond acceptors (Lipinski definition) is 9. The van der Waals surface area contributed by atoms with Crippen molar-refractivity contribution in [2.24, 2.45) is 10.7 Å². The van der Waals surface area contributed by atoms with Gasteiger partial charge in [-0.2, -0.15) is 0 Å². The Kier molecular flexibility index (Phi) is 4.15. The van der Waals surface area contributed by atoms with E-state index in [4.69, 9.17) is 10.2 Å². The van der Waals surface area contributed by atoms with Crippen molar-refractivity contribution in [3.8, 4) is 0 Å². The third-order valence-corrected chi connectivity index (χ3v) is 6.77. The molecular formula is C18H16N6O3S2. The highest BCUT2D eigenvalue weighted by atomic mass is 32.2. The van der Waals surface area contributed by atoms with E-state index < -0.39 is 16.2 Å². The van der Waals surface area contributed by atoms with Crippen molar-refractivity contribution in [2.45, 2.75) is 6.17 Å². The van der Waals surface area contributed by atoms with E-state index in [-0.39, 0.29) is 4.91 Å². The van der Waals surface area contributed by atoms with Gasteiger partial charge in [0, 0.05) is 23.8 Å². The molecule has 29 heavy (non-hydrogen) atoms. The summed E-state index contributed by atoms with van der Waals surface area (Å²) in [6.45, 7) is 0. The lowest BCUT2D eigenvalue weighted by Crippen LogP contribution is -2.35. The van der Waals surface area contributed by atoms with Crippen LogP contribution in [0.25, 0.3) is 0 Å². The van der Waals surface area contributed by atoms with Gasteiger partial charge in [-0.05, 0) is 42.5 Å². The van der Waals surface area contributed by atoms with Gasteiger partial charge in [-0.25, -0.2) is 13.4 Å². The number of hydrogen-bond donors (Lipinski definition) is 3. The smallest absolute Gasteiger partial charge is 0.264 e. The first kappa shape index (κ1) is 17.9. The molecular weight excluding hydrogens is 412 g/mol. The lowest BCUT2D eigenvalue weighted by Gasteiger charge is -2.29. The van der Waals surface area contributed by atoms with Gasteiger partial charge in [0.15, 0.2) is 0 Å². The van der Waals surface area contributed by atoms with E-state index in [0.717, 1.165) is 11.3 Å². The fraction of sp³-hybridized carbons (Fsp3) is 0.0556. The Balaban J connectivity index is 1.36. The molecule has 1 aromatic heterocycles. The molecule has 4 heterocycles. The number of aliphatic imine (C=N–C) groups is 1. The molecule has 1 unspecified atom stereocenters. The first-order valence-electron chi connectivity index (χ1n) is 8.62. The van der Waals surface area contributed by atoms with Crippen LogP contribution in [-0.2, 0) is 10.0 Å². The van der Waals surface area contributed by atoms with E-state index in [2.05, 4.69) is 14.4 Å². The summed E-state index contributed by atoms with van der Waals surface area (Å²) in [6.07, 6.45) is 9.42. The average Bonchev–Trinajstić information content (AvgIpc) is 3.38. The Morgan fingerprint density at radius 1 is 1.24 bits per heavy atom. The highest BCUT2D eigenvalue weighted by Crippen LogP contribution is 2.35. The molecule has 4 N–H and O–H groups in total. The summed E-state index contributed by atoms with van der Waals surface area (Å²) in [7, 11) is -3.75. The van der Waals surface area contributed by atoms with Gasteiger partial charge in [0.25, 0.3) is 10.0 Å². The maximum Gasteiger partial charge on any atom is 0.264 e. The second-order valence-corrected chi connectivity index (χ2v) is 8.83. The minimum absolute atomic E-state index is 0.194. The average molecular weight is 428 g/mol. The van der Waals surface area contributed by atoms with Gasteiger partial charge in [0.2, 0.25) is 5.88 Å². The number of rotatable bonds is 4. The number of allylic oxidation sites excluding steroid dienone is 2. The summed E-state index contributed by atoms with van der Waals surface area (Å²) in [4.78, 5) is 6.23. The highest BCUT2D eigenvalue weighted by Gasteiger charge is 2.30. The second-order valence-electron chi connectivity index (χ2n) is 6.37. The van der Waals surface area contributed by atoms with Crippen molar-refractivity contribution in [3.63, 3.8) is 0 Å². The maximum atomic E-state index is 12.9. The summed E-state index contributed by atoms with van der Waals surface area (Å²) in [5, 5.41) is 0. The SMILES string of the molecule is NC1c2ccoc2N=CN1c1ccc(NS(=O)(=O)C2=CC=CN3SNC=C23)cc1. The lowest BCUT2D eigenvalue weighted by atomic mass is 10.2. The molecule has 0 saturated heterocycles. The number of nitrogens with zero attached hydrogens (tertiary/aromatic N) is 3. The zero-order chi connectivity index (χ0) is 20.0. The molecule has 0 fully saturated rings. The number of nitrogens with one attached hydrogen (secondary N) is 2. The molecule has 2 aromatic rings. The molecule has 0 amide bonds. The molecule has 0 spiro atoms. The maximum absolute atomic E-state index is 12.9. The minimum Gasteiger partial charge on any atom is -0.446 e. The molecule has 1 atom stereocenters. The molecule has 0 aliphatic carbocycles. The number of furan rings is 1. The molecule has 0 bridgehead atoms. The van der Waals surface area contributed by atoms with Crippen LogP contribution >= 0.6 is 12.1 Å². The van der Waals surface area contributed by atoms with Crippen molar-refractivity contribution < 1.29 is 12.8 Å². The van der Waals surface area contributed by atoms with Crippen LogP contribution in [0.4, 0.5) is 17.3 Å². The summed E-state index contributed by atoms with van der Waals surface area (Å²) in [5.41, 5.74) is 8.87. The number of anilines is 2. The first-order valence-corrected chi connectivity index (χ1v) is 10.9. The van der Waals surface area contributed by atoms with Crippen LogP contribution in [0.1, 0.15) is 11.7 Å². The normalized spacial score (nSPS) is 20.0. The Hall–Kier alpha value is -3.15. The topological polar surface area (TPSA) is 116 Å². The fourth-order valence-corrected chi connectivity index (χ4v) is 5.14. The van der Waals surface area contributed by atoms with Crippen LogP contribution in [0.15, 0.2) is 81.2 Å². The molecule has 0 saturated carbocycles. The standard InChI is InChI=1S/C18H16N6O3S2/c19-17-14-7-9-27-18(14)20-11-23(17)13-5-3-12(4-6-13)22-29(25,26)16-2-1-8-24-15(16)10-21-28-24/h1-11,17,21-22H,19H2. The van der Waals surface area contributed by atoms with Crippen LogP contribution in [0.3, 0.4) is 0 Å². The van der Waals surface area contributed by atoms with Crippen molar-refractivity contribution in [3.05, 3.63) is 77.3 Å². The largest absolute Gasteiger partial charge is 0.446 e. The molecule has 148 valence electrons. The van der Waals surface area contributed by atoms with E-state index in [9.17, 15) is 8.42 Å². The zero-order valence-electron chi connectivity index (χ0n) is 14.9. The number of benzene rings is 1. The van der Waals surface area contributed by atoms with Gasteiger partial charge in [-0.1, -0.05) is 0 Å².